The van der Waals surface area contributed by atoms with Gasteiger partial charge in [-0.3, -0.25) is 9.48 Å². The van der Waals surface area contributed by atoms with Crippen LogP contribution >= 0.6 is 0 Å². The molecule has 1 aromatic carbocycles. The highest BCUT2D eigenvalue weighted by atomic mass is 16.5. The highest BCUT2D eigenvalue weighted by Crippen LogP contribution is 2.28. The number of hydrogen-bond acceptors (Lipinski definition) is 4. The van der Waals surface area contributed by atoms with Crippen molar-refractivity contribution in [2.45, 2.75) is 40.3 Å². The lowest BCUT2D eigenvalue weighted by molar-refractivity contribution is -0.121. The van der Waals surface area contributed by atoms with E-state index in [9.17, 15) is 4.79 Å². The molecule has 0 saturated heterocycles. The number of amides is 1. The van der Waals surface area contributed by atoms with Crippen LogP contribution in [0.2, 0.25) is 0 Å². The van der Waals surface area contributed by atoms with Gasteiger partial charge in [-0.2, -0.15) is 5.10 Å². The molecule has 130 valence electrons. The van der Waals surface area contributed by atoms with Crippen molar-refractivity contribution in [3.8, 4) is 11.5 Å². The maximum absolute atomic E-state index is 12.0. The molecule has 1 heterocycles. The van der Waals surface area contributed by atoms with E-state index in [-0.39, 0.29) is 5.91 Å². The lowest BCUT2D eigenvalue weighted by atomic mass is 10.2. The Morgan fingerprint density at radius 1 is 1.21 bits per heavy atom. The molecule has 1 N–H and O–H groups in total. The number of aryl methyl sites for hydroxylation is 2. The minimum Gasteiger partial charge on any atom is -0.490 e. The maximum Gasteiger partial charge on any atom is 0.222 e. The Morgan fingerprint density at radius 3 is 2.62 bits per heavy atom. The second-order valence-electron chi connectivity index (χ2n) is 5.45. The molecule has 0 aliphatic heterocycles. The Hall–Kier alpha value is -2.50. The Bertz CT molecular complexity index is 667. The summed E-state index contributed by atoms with van der Waals surface area (Å²) >= 11 is 0. The topological polar surface area (TPSA) is 65.4 Å². The SMILES string of the molecule is CCOc1ccc(CNC(=O)CCn2cc(C)cn2)cc1OCC. The van der Waals surface area contributed by atoms with Crippen molar-refractivity contribution in [2.24, 2.45) is 0 Å². The fraction of sp³-hybridized carbons (Fsp3) is 0.444. The van der Waals surface area contributed by atoms with Gasteiger partial charge in [-0.1, -0.05) is 6.07 Å². The molecule has 2 aromatic rings. The minimum absolute atomic E-state index is 0.00463. The molecule has 0 radical (unpaired) electrons. The molecule has 24 heavy (non-hydrogen) atoms. The van der Waals surface area contributed by atoms with Gasteiger partial charge in [0.1, 0.15) is 0 Å². The third-order valence-electron chi connectivity index (χ3n) is 3.43. The van der Waals surface area contributed by atoms with Crippen LogP contribution in [0, 0.1) is 6.92 Å². The van der Waals surface area contributed by atoms with Gasteiger partial charge in [0.05, 0.1) is 19.4 Å². The van der Waals surface area contributed by atoms with E-state index in [4.69, 9.17) is 9.47 Å². The van der Waals surface area contributed by atoms with Gasteiger partial charge in [-0.15, -0.1) is 0 Å². The van der Waals surface area contributed by atoms with Crippen LogP contribution in [-0.2, 0) is 17.9 Å². The van der Waals surface area contributed by atoms with E-state index < -0.39 is 0 Å². The molecule has 1 amide bonds. The molecule has 6 heteroatoms. The number of nitrogens with one attached hydrogen (secondary N) is 1. The standard InChI is InChI=1S/C18H25N3O3/c1-4-23-16-7-6-15(10-17(16)24-5-2)12-19-18(22)8-9-21-13-14(3)11-20-21/h6-7,10-11,13H,4-5,8-9,12H2,1-3H3,(H,19,22). The van der Waals surface area contributed by atoms with Gasteiger partial charge in [0.15, 0.2) is 11.5 Å². The van der Waals surface area contributed by atoms with Crippen molar-refractivity contribution >= 4 is 5.91 Å². The van der Waals surface area contributed by atoms with Gasteiger partial charge >= 0.3 is 0 Å². The summed E-state index contributed by atoms with van der Waals surface area (Å²) in [5.74, 6) is 1.43. The highest BCUT2D eigenvalue weighted by molar-refractivity contribution is 5.75. The molecule has 0 saturated carbocycles. The first-order valence-electron chi connectivity index (χ1n) is 8.26. The van der Waals surface area contributed by atoms with Gasteiger partial charge in [-0.25, -0.2) is 0 Å². The predicted molar refractivity (Wildman–Crippen MR) is 92.2 cm³/mol. The second kappa shape index (κ2) is 8.96. The van der Waals surface area contributed by atoms with Crippen molar-refractivity contribution in [3.05, 3.63) is 41.7 Å². The lowest BCUT2D eigenvalue weighted by Crippen LogP contribution is -2.24. The molecule has 2 rings (SSSR count). The summed E-state index contributed by atoms with van der Waals surface area (Å²) in [7, 11) is 0. The van der Waals surface area contributed by atoms with Crippen LogP contribution in [0.1, 0.15) is 31.4 Å². The van der Waals surface area contributed by atoms with Crippen molar-refractivity contribution in [2.75, 3.05) is 13.2 Å². The van der Waals surface area contributed by atoms with E-state index in [0.29, 0.717) is 38.5 Å². The van der Waals surface area contributed by atoms with Crippen LogP contribution in [0.3, 0.4) is 0 Å². The molecule has 0 fully saturated rings. The first kappa shape index (κ1) is 17.8. The normalized spacial score (nSPS) is 10.5. The van der Waals surface area contributed by atoms with E-state index >= 15 is 0 Å². The van der Waals surface area contributed by atoms with E-state index in [1.165, 1.54) is 0 Å². The van der Waals surface area contributed by atoms with Crippen LogP contribution in [0.15, 0.2) is 30.6 Å². The Morgan fingerprint density at radius 2 is 1.96 bits per heavy atom. The molecular weight excluding hydrogens is 306 g/mol. The number of nitrogens with zero attached hydrogens (tertiary/aromatic N) is 2. The van der Waals surface area contributed by atoms with Crippen LogP contribution < -0.4 is 14.8 Å². The largest absolute Gasteiger partial charge is 0.490 e. The quantitative estimate of drug-likeness (QED) is 0.767. The molecule has 6 nitrogen and oxygen atoms in total. The van der Waals surface area contributed by atoms with Gasteiger partial charge in [-0.05, 0) is 44.0 Å². The van der Waals surface area contributed by atoms with Crippen LogP contribution in [0.5, 0.6) is 11.5 Å². The number of carbonyl (C=O) groups is 1. The smallest absolute Gasteiger partial charge is 0.222 e. The maximum atomic E-state index is 12.0. The van der Waals surface area contributed by atoms with Gasteiger partial charge in [0.25, 0.3) is 0 Å². The lowest BCUT2D eigenvalue weighted by Gasteiger charge is -2.13. The van der Waals surface area contributed by atoms with E-state index in [1.807, 2.05) is 45.2 Å². The summed E-state index contributed by atoms with van der Waals surface area (Å²) in [6.45, 7) is 8.04. The van der Waals surface area contributed by atoms with E-state index in [1.54, 1.807) is 10.9 Å². The zero-order valence-corrected chi connectivity index (χ0v) is 14.5. The highest BCUT2D eigenvalue weighted by Gasteiger charge is 2.08. The van der Waals surface area contributed by atoms with Gasteiger partial charge in [0.2, 0.25) is 5.91 Å². The second-order valence-corrected chi connectivity index (χ2v) is 5.45. The van der Waals surface area contributed by atoms with Crippen LogP contribution in [0.25, 0.3) is 0 Å². The first-order valence-corrected chi connectivity index (χ1v) is 8.26. The first-order chi connectivity index (χ1) is 11.6. The molecule has 0 atom stereocenters. The minimum atomic E-state index is -0.00463. The predicted octanol–water partition coefficient (Wildman–Crippen LogP) is 2.70. The molecule has 1 aromatic heterocycles. The molecular formula is C18H25N3O3. The summed E-state index contributed by atoms with van der Waals surface area (Å²) < 4.78 is 12.9. The third kappa shape index (κ3) is 5.30. The summed E-state index contributed by atoms with van der Waals surface area (Å²) in [5, 5.41) is 7.09. The Labute approximate surface area is 142 Å². The molecule has 0 bridgehead atoms. The number of benzene rings is 1. The van der Waals surface area contributed by atoms with Crippen molar-refractivity contribution in [1.29, 1.82) is 0 Å². The molecule has 0 aliphatic carbocycles. The number of carbonyl (C=O) groups excluding carboxylic acids is 1. The van der Waals surface area contributed by atoms with Crippen LogP contribution in [0.4, 0.5) is 0 Å². The van der Waals surface area contributed by atoms with Gasteiger partial charge < -0.3 is 14.8 Å². The van der Waals surface area contributed by atoms with Gasteiger partial charge in [0, 0.05) is 25.7 Å². The average Bonchev–Trinajstić information content (AvgIpc) is 2.99. The summed E-state index contributed by atoms with van der Waals surface area (Å²) in [5.41, 5.74) is 2.07. The van der Waals surface area contributed by atoms with E-state index in [2.05, 4.69) is 10.4 Å². The summed E-state index contributed by atoms with van der Waals surface area (Å²) in [6.07, 6.45) is 4.11. The van der Waals surface area contributed by atoms with Crippen molar-refractivity contribution < 1.29 is 14.3 Å². The molecule has 0 unspecified atom stereocenters. The monoisotopic (exact) mass is 331 g/mol. The number of ether oxygens (including phenoxy) is 2. The Kier molecular flexibility index (Phi) is 6.66. The Balaban J connectivity index is 1.86. The number of hydrogen-bond donors (Lipinski definition) is 1. The molecule has 0 aliphatic rings. The summed E-state index contributed by atoms with van der Waals surface area (Å²) in [4.78, 5) is 12.0. The fourth-order valence-electron chi connectivity index (χ4n) is 2.30. The zero-order chi connectivity index (χ0) is 17.4. The van der Waals surface area contributed by atoms with Crippen molar-refractivity contribution in [1.82, 2.24) is 15.1 Å². The molecule has 0 spiro atoms. The third-order valence-corrected chi connectivity index (χ3v) is 3.43. The number of rotatable bonds is 9. The summed E-state index contributed by atoms with van der Waals surface area (Å²) in [6, 6.07) is 5.72. The van der Waals surface area contributed by atoms with E-state index in [0.717, 1.165) is 16.9 Å². The van der Waals surface area contributed by atoms with Crippen molar-refractivity contribution in [3.63, 3.8) is 0 Å². The zero-order valence-electron chi connectivity index (χ0n) is 14.5. The average molecular weight is 331 g/mol. The number of aromatic nitrogens is 2. The fourth-order valence-corrected chi connectivity index (χ4v) is 2.30. The van der Waals surface area contributed by atoms with Crippen LogP contribution in [-0.4, -0.2) is 28.9 Å².